The van der Waals surface area contributed by atoms with Crippen molar-refractivity contribution < 1.29 is 26.7 Å². The minimum atomic E-state index is -2.52. The van der Waals surface area contributed by atoms with Crippen LogP contribution >= 0.6 is 0 Å². The van der Waals surface area contributed by atoms with E-state index in [2.05, 4.69) is 158 Å². The number of aromatic nitrogens is 4. The maximum atomic E-state index is 12.3. The minimum Gasteiger partial charge on any atom is -0.378 e. The Morgan fingerprint density at radius 2 is 0.964 bits per heavy atom. The molecule has 83 heavy (non-hydrogen) atoms. The monoisotopic (exact) mass is 1180 g/mol. The van der Waals surface area contributed by atoms with Crippen LogP contribution in [0.3, 0.4) is 0 Å². The van der Waals surface area contributed by atoms with E-state index in [1.54, 1.807) is 12.4 Å². The number of alkyl halides is 5. The van der Waals surface area contributed by atoms with Gasteiger partial charge in [0.15, 0.2) is 0 Å². The third kappa shape index (κ3) is 58.6. The molecule has 5 nitrogen and oxygen atoms in total. The number of hydrogen-bond acceptors (Lipinski definition) is 5. The van der Waals surface area contributed by atoms with E-state index in [1.165, 1.54) is 64.2 Å². The molecule has 4 aliphatic rings. The summed E-state index contributed by atoms with van der Waals surface area (Å²) < 4.78 is 66.1. The Morgan fingerprint density at radius 3 is 1.18 bits per heavy atom. The predicted molar refractivity (Wildman–Crippen MR) is 353 cm³/mol. The molecule has 492 valence electrons. The lowest BCUT2D eigenvalue weighted by atomic mass is 9.72. The van der Waals surface area contributed by atoms with Crippen molar-refractivity contribution in [2.45, 2.75) is 335 Å². The van der Waals surface area contributed by atoms with Crippen LogP contribution in [0.5, 0.6) is 0 Å². The summed E-state index contributed by atoms with van der Waals surface area (Å²) in [5, 5.41) is 0. The van der Waals surface area contributed by atoms with Crippen LogP contribution in [0.4, 0.5) is 22.0 Å². The topological polar surface area (TPSA) is 60.8 Å². The van der Waals surface area contributed by atoms with E-state index < -0.39 is 11.8 Å². The molecule has 3 aliphatic carbocycles. The lowest BCUT2D eigenvalue weighted by Gasteiger charge is -2.33. The summed E-state index contributed by atoms with van der Waals surface area (Å²) in [5.41, 5.74) is 4.72. The molecule has 0 bridgehead atoms. The highest BCUT2D eigenvalue weighted by molar-refractivity contribution is 5.02. The zero-order valence-corrected chi connectivity index (χ0v) is 60.6. The first-order valence-electron chi connectivity index (χ1n) is 32.3. The van der Waals surface area contributed by atoms with Crippen LogP contribution in [0.25, 0.3) is 0 Å². The Bertz CT molecular complexity index is 1840. The smallest absolute Gasteiger partial charge is 0.251 e. The van der Waals surface area contributed by atoms with E-state index in [0.717, 1.165) is 61.3 Å². The van der Waals surface area contributed by atoms with Crippen LogP contribution in [0.15, 0.2) is 30.9 Å². The van der Waals surface area contributed by atoms with Crippen molar-refractivity contribution in [3.8, 4) is 0 Å². The number of ether oxygens (including phenoxy) is 1. The van der Waals surface area contributed by atoms with E-state index >= 15 is 0 Å². The van der Waals surface area contributed by atoms with E-state index in [1.807, 2.05) is 87.7 Å². The Hall–Kier alpha value is -2.23. The first-order valence-corrected chi connectivity index (χ1v) is 32.3. The van der Waals surface area contributed by atoms with Gasteiger partial charge in [-0.3, -0.25) is 14.4 Å². The van der Waals surface area contributed by atoms with E-state index in [9.17, 15) is 22.0 Å². The molecule has 2 unspecified atom stereocenters. The van der Waals surface area contributed by atoms with Crippen molar-refractivity contribution in [3.05, 3.63) is 48.1 Å². The van der Waals surface area contributed by atoms with Crippen LogP contribution in [0.2, 0.25) is 0 Å². The quantitative estimate of drug-likeness (QED) is 0.270. The second kappa shape index (κ2) is 36.9. The highest BCUT2D eigenvalue weighted by atomic mass is 19.3. The van der Waals surface area contributed by atoms with E-state index in [-0.39, 0.29) is 47.1 Å². The number of halogens is 5. The van der Waals surface area contributed by atoms with E-state index in [4.69, 9.17) is 4.74 Å². The van der Waals surface area contributed by atoms with Crippen molar-refractivity contribution in [3.63, 3.8) is 0 Å². The SMILES string of the molecule is CC(C)(C)C1CC1.CC(C)(C)C1CCCCC1.CC(C)(C)CC(C)(F)F.CC(C)(C)CC1CC1(F)F.CC(C)(C)CC1CCCO1.CC(C)(C)CCF.CC(C)(C)Cc1ncccn1.CC(C)C(C)(C)C.Cc1cnc(CC(C)(C)C)cn1. The standard InChI is InChI=1S/C10H16N2.C10H20.C9H14N2.C9H18O.C8H14F2.C7H14F2.C7H14.C7H16.C6H13F/c1-8-6-12-9(7-11-8)5-10(2,3)4;1-10(2,3)9-7-5-4-6-8-9;1-9(2,3)7-8-10-5-4-6-11-8;1-9(2,3)7-8-5-4-6-10-8;1-7(2,3)4-6-5-8(6,9)10;1-6(2,3)5-7(4,8)9;1-7(2,3)6-4-5-6;1-6(2)7(3,4)5;1-6(2,3)4-5-7/h6-7H,5H2,1-4H3;9H,4-8H2,1-3H3;4-6H,7H2,1-3H3;8H,4-7H2,1-3H3;6H,4-5H2,1-3H3;5H2,1-4H3;6H,4-5H2,1-3H3;6H,1-5H3;4-5H2,1-3H3. The fraction of sp³-hybridized carbons (Fsp3) is 0.890. The second-order valence-electron chi connectivity index (χ2n) is 35.8. The summed E-state index contributed by atoms with van der Waals surface area (Å²) in [6, 6.07) is 1.84. The molecular formula is C73H139F5N4O. The summed E-state index contributed by atoms with van der Waals surface area (Å²) in [6.07, 6.45) is 25.2. The fourth-order valence-corrected chi connectivity index (χ4v) is 8.80. The van der Waals surface area contributed by atoms with Gasteiger partial charge in [0.1, 0.15) is 5.82 Å². The summed E-state index contributed by atoms with van der Waals surface area (Å²) in [5.74, 6) is -1.39. The van der Waals surface area contributed by atoms with Crippen molar-refractivity contribution >= 4 is 0 Å². The van der Waals surface area contributed by atoms with Crippen molar-refractivity contribution in [1.29, 1.82) is 0 Å². The van der Waals surface area contributed by atoms with Crippen molar-refractivity contribution in [1.82, 2.24) is 19.9 Å². The molecule has 2 aromatic rings. The molecule has 1 aliphatic heterocycles. The molecule has 10 heteroatoms. The Labute approximate surface area is 513 Å². The zero-order chi connectivity index (χ0) is 65.9. The lowest BCUT2D eigenvalue weighted by molar-refractivity contribution is -0.0169. The number of hydrogen-bond donors (Lipinski definition) is 0. The molecule has 1 saturated heterocycles. The number of nitrogens with zero attached hydrogens (tertiary/aromatic N) is 4. The van der Waals surface area contributed by atoms with Gasteiger partial charge in [-0.15, -0.1) is 0 Å². The van der Waals surface area contributed by atoms with Gasteiger partial charge in [-0.25, -0.2) is 27.5 Å². The molecule has 0 spiro atoms. The van der Waals surface area contributed by atoms with Crippen LogP contribution in [0, 0.1) is 79.3 Å². The third-order valence-electron chi connectivity index (χ3n) is 14.6. The fourth-order valence-electron chi connectivity index (χ4n) is 8.80. The van der Waals surface area contributed by atoms with Gasteiger partial charge in [-0.05, 0) is 151 Å². The Balaban J connectivity index is -0.000000873. The highest BCUT2D eigenvalue weighted by Crippen LogP contribution is 2.53. The zero-order valence-electron chi connectivity index (χ0n) is 60.6. The number of rotatable bonds is 6. The molecule has 3 heterocycles. The molecule has 0 radical (unpaired) electrons. The molecule has 2 aromatic heterocycles. The molecule has 4 fully saturated rings. The normalized spacial score (nSPS) is 18.5. The average Bonchev–Trinajstić information content (AvgIpc) is 4.15. The second-order valence-corrected chi connectivity index (χ2v) is 35.8. The van der Waals surface area contributed by atoms with Gasteiger partial charge in [-0.2, -0.15) is 0 Å². The van der Waals surface area contributed by atoms with Crippen molar-refractivity contribution in [2.24, 2.45) is 72.4 Å². The molecule has 2 atom stereocenters. The third-order valence-corrected chi connectivity index (χ3v) is 14.6. The predicted octanol–water partition coefficient (Wildman–Crippen LogP) is 24.3. The van der Waals surface area contributed by atoms with Gasteiger partial charge >= 0.3 is 0 Å². The Kier molecular flexibility index (Phi) is 37.8. The van der Waals surface area contributed by atoms with Gasteiger partial charge in [0.05, 0.1) is 24.2 Å². The van der Waals surface area contributed by atoms with Crippen LogP contribution in [-0.2, 0) is 17.6 Å². The first-order chi connectivity index (χ1) is 36.9. The summed E-state index contributed by atoms with van der Waals surface area (Å²) >= 11 is 0. The molecule has 0 aromatic carbocycles. The van der Waals surface area contributed by atoms with Gasteiger partial charge in [0.25, 0.3) is 5.92 Å². The average molecular weight is 1180 g/mol. The van der Waals surface area contributed by atoms with Gasteiger partial charge < -0.3 is 4.74 Å². The molecule has 0 N–H and O–H groups in total. The van der Waals surface area contributed by atoms with Gasteiger partial charge in [0, 0.05) is 56.6 Å². The summed E-state index contributed by atoms with van der Waals surface area (Å²) in [4.78, 5) is 16.8. The molecule has 3 saturated carbocycles. The van der Waals surface area contributed by atoms with Crippen LogP contribution in [0.1, 0.15) is 315 Å². The van der Waals surface area contributed by atoms with Gasteiger partial charge in [0.2, 0.25) is 5.92 Å². The number of aryl methyl sites for hydroxylation is 1. The largest absolute Gasteiger partial charge is 0.378 e. The molecule has 0 amide bonds. The van der Waals surface area contributed by atoms with Crippen LogP contribution < -0.4 is 0 Å². The lowest BCUT2D eigenvalue weighted by Crippen LogP contribution is -2.22. The molecule has 6 rings (SSSR count). The summed E-state index contributed by atoms with van der Waals surface area (Å²) in [7, 11) is 0. The first kappa shape index (κ1) is 85.0. The van der Waals surface area contributed by atoms with Gasteiger partial charge in [-0.1, -0.05) is 220 Å². The maximum Gasteiger partial charge on any atom is 0.251 e. The Morgan fingerprint density at radius 1 is 0.530 bits per heavy atom. The maximum absolute atomic E-state index is 12.3. The van der Waals surface area contributed by atoms with Crippen molar-refractivity contribution in [2.75, 3.05) is 13.3 Å². The highest BCUT2D eigenvalue weighted by Gasteiger charge is 2.57. The summed E-state index contributed by atoms with van der Waals surface area (Å²) in [6.45, 7) is 66.6. The minimum absolute atomic E-state index is 0.0417. The van der Waals surface area contributed by atoms with E-state index in [0.29, 0.717) is 46.0 Å². The molecular weight excluding hydrogens is 1040 g/mol. The van der Waals surface area contributed by atoms with Crippen LogP contribution in [-0.4, -0.2) is 51.2 Å².